The van der Waals surface area contributed by atoms with Gasteiger partial charge in [-0.3, -0.25) is 9.89 Å². The number of rotatable bonds is 4. The second-order valence-corrected chi connectivity index (χ2v) is 5.96. The van der Waals surface area contributed by atoms with Crippen molar-refractivity contribution in [2.75, 3.05) is 19.6 Å². The Morgan fingerprint density at radius 3 is 2.81 bits per heavy atom. The van der Waals surface area contributed by atoms with Crippen LogP contribution in [-0.2, 0) is 6.42 Å². The summed E-state index contributed by atoms with van der Waals surface area (Å²) >= 11 is 0. The molecule has 5 nitrogen and oxygen atoms in total. The van der Waals surface area contributed by atoms with Crippen LogP contribution < -0.4 is 10.6 Å². The molecule has 0 unspecified atom stereocenters. The van der Waals surface area contributed by atoms with Crippen LogP contribution in [0.15, 0.2) is 6.07 Å². The van der Waals surface area contributed by atoms with Gasteiger partial charge in [0, 0.05) is 30.7 Å². The van der Waals surface area contributed by atoms with E-state index in [9.17, 15) is 18.0 Å². The van der Waals surface area contributed by atoms with Gasteiger partial charge >= 0.3 is 6.18 Å². The highest BCUT2D eigenvalue weighted by Crippen LogP contribution is 2.72. The molecule has 8 heteroatoms. The van der Waals surface area contributed by atoms with Gasteiger partial charge in [-0.05, 0) is 18.9 Å². The molecule has 2 fully saturated rings. The van der Waals surface area contributed by atoms with Gasteiger partial charge in [0.25, 0.3) is 5.91 Å². The van der Waals surface area contributed by atoms with Crippen molar-refractivity contribution < 1.29 is 18.0 Å². The molecule has 116 valence electrons. The van der Waals surface area contributed by atoms with E-state index >= 15 is 0 Å². The van der Waals surface area contributed by atoms with Crippen LogP contribution in [0.1, 0.15) is 29.5 Å². The van der Waals surface area contributed by atoms with Gasteiger partial charge in [-0.1, -0.05) is 6.92 Å². The molecule has 2 aliphatic rings. The van der Waals surface area contributed by atoms with Gasteiger partial charge in [0.2, 0.25) is 0 Å². The molecule has 1 saturated carbocycles. The van der Waals surface area contributed by atoms with Gasteiger partial charge in [0.1, 0.15) is 5.69 Å². The fraction of sp³-hybridized carbons (Fsp3) is 0.692. The number of nitrogens with one attached hydrogen (secondary N) is 3. The number of amides is 1. The third-order valence-electron chi connectivity index (χ3n) is 4.79. The molecular formula is C13H17F3N4O. The summed E-state index contributed by atoms with van der Waals surface area (Å²) in [6.07, 6.45) is -3.44. The maximum atomic E-state index is 13.2. The highest BCUT2D eigenvalue weighted by molar-refractivity contribution is 5.92. The Labute approximate surface area is 119 Å². The SMILES string of the molecule is CCc1cc(C(=O)NC[C@@]23CNC[C@]2(C(F)(F)F)C3)n[nH]1. The van der Waals surface area contributed by atoms with Crippen LogP contribution in [0.2, 0.25) is 0 Å². The number of H-pyrrole nitrogens is 1. The molecule has 1 saturated heterocycles. The lowest BCUT2D eigenvalue weighted by molar-refractivity contribution is -0.190. The molecule has 0 bridgehead atoms. The largest absolute Gasteiger partial charge is 0.396 e. The number of hydrogen-bond acceptors (Lipinski definition) is 3. The lowest BCUT2D eigenvalue weighted by Gasteiger charge is -2.20. The second-order valence-electron chi connectivity index (χ2n) is 5.96. The molecule has 0 radical (unpaired) electrons. The average molecular weight is 302 g/mol. The Hall–Kier alpha value is -1.57. The number of aromatic nitrogens is 2. The van der Waals surface area contributed by atoms with Crippen LogP contribution in [0.4, 0.5) is 13.2 Å². The van der Waals surface area contributed by atoms with Gasteiger partial charge in [-0.15, -0.1) is 0 Å². The number of halogens is 3. The van der Waals surface area contributed by atoms with E-state index in [1.165, 1.54) is 0 Å². The number of carbonyl (C=O) groups is 1. The fourth-order valence-corrected chi connectivity index (χ4v) is 3.32. The number of carbonyl (C=O) groups excluding carboxylic acids is 1. The molecule has 1 amide bonds. The summed E-state index contributed by atoms with van der Waals surface area (Å²) in [4.78, 5) is 12.0. The first-order valence-electron chi connectivity index (χ1n) is 6.93. The summed E-state index contributed by atoms with van der Waals surface area (Å²) in [6, 6.07) is 1.61. The van der Waals surface area contributed by atoms with E-state index in [0.717, 1.165) is 5.69 Å². The first kappa shape index (κ1) is 14.4. The van der Waals surface area contributed by atoms with Gasteiger partial charge < -0.3 is 10.6 Å². The normalized spacial score (nSPS) is 31.0. The molecular weight excluding hydrogens is 285 g/mol. The Kier molecular flexibility index (Phi) is 3.05. The molecule has 1 aliphatic heterocycles. The molecule has 2 atom stereocenters. The molecule has 1 aliphatic carbocycles. The van der Waals surface area contributed by atoms with Crippen molar-refractivity contribution >= 4 is 5.91 Å². The molecule has 0 spiro atoms. The van der Waals surface area contributed by atoms with Crippen molar-refractivity contribution in [3.05, 3.63) is 17.5 Å². The van der Waals surface area contributed by atoms with Crippen molar-refractivity contribution in [1.29, 1.82) is 0 Å². The number of aromatic amines is 1. The van der Waals surface area contributed by atoms with Gasteiger partial charge in [-0.25, -0.2) is 0 Å². The summed E-state index contributed by atoms with van der Waals surface area (Å²) < 4.78 is 39.5. The average Bonchev–Trinajstić information content (AvgIpc) is 2.81. The van der Waals surface area contributed by atoms with Gasteiger partial charge in [0.15, 0.2) is 0 Å². The maximum absolute atomic E-state index is 13.2. The van der Waals surface area contributed by atoms with Gasteiger partial charge in [-0.2, -0.15) is 18.3 Å². The maximum Gasteiger partial charge on any atom is 0.396 e. The van der Waals surface area contributed by atoms with E-state index in [4.69, 9.17) is 0 Å². The van der Waals surface area contributed by atoms with Crippen LogP contribution in [0.3, 0.4) is 0 Å². The van der Waals surface area contributed by atoms with E-state index in [2.05, 4.69) is 20.8 Å². The number of hydrogen-bond donors (Lipinski definition) is 3. The Balaban J connectivity index is 1.65. The zero-order chi connectivity index (χ0) is 15.3. The molecule has 1 aromatic heterocycles. The minimum Gasteiger partial charge on any atom is -0.350 e. The van der Waals surface area contributed by atoms with Gasteiger partial charge in [0.05, 0.1) is 5.41 Å². The Morgan fingerprint density at radius 1 is 1.48 bits per heavy atom. The van der Waals surface area contributed by atoms with Crippen molar-refractivity contribution in [2.24, 2.45) is 10.8 Å². The first-order chi connectivity index (χ1) is 9.84. The summed E-state index contributed by atoms with van der Waals surface area (Å²) in [5.41, 5.74) is -1.54. The standard InChI is InChI=1S/C13H17F3N4O/c1-2-8-3-9(20-19-8)10(21)18-6-11-4-12(11,7-17-5-11)13(14,15)16/h3,17H,2,4-7H2,1H3,(H,18,21)(H,19,20)/t11-,12-/m1/s1. The summed E-state index contributed by atoms with van der Waals surface area (Å²) in [5, 5.41) is 12.0. The van der Waals surface area contributed by atoms with Crippen LogP contribution in [0.25, 0.3) is 0 Å². The van der Waals surface area contributed by atoms with Crippen molar-refractivity contribution in [3.63, 3.8) is 0 Å². The molecule has 2 heterocycles. The molecule has 0 aromatic carbocycles. The smallest absolute Gasteiger partial charge is 0.350 e. The lowest BCUT2D eigenvalue weighted by atomic mass is 9.95. The van der Waals surface area contributed by atoms with E-state index in [1.54, 1.807) is 6.07 Å². The van der Waals surface area contributed by atoms with Crippen LogP contribution in [-0.4, -0.2) is 41.9 Å². The van der Waals surface area contributed by atoms with Crippen LogP contribution in [0, 0.1) is 10.8 Å². The molecule has 3 N–H and O–H groups in total. The topological polar surface area (TPSA) is 69.8 Å². The van der Waals surface area contributed by atoms with Crippen molar-refractivity contribution in [2.45, 2.75) is 25.9 Å². The summed E-state index contributed by atoms with van der Waals surface area (Å²) in [6.45, 7) is 2.16. The highest BCUT2D eigenvalue weighted by atomic mass is 19.4. The predicted molar refractivity (Wildman–Crippen MR) is 68.7 cm³/mol. The highest BCUT2D eigenvalue weighted by Gasteiger charge is 2.81. The van der Waals surface area contributed by atoms with Crippen molar-refractivity contribution in [3.8, 4) is 0 Å². The minimum atomic E-state index is -4.23. The lowest BCUT2D eigenvalue weighted by Crippen LogP contribution is -2.37. The summed E-state index contributed by atoms with van der Waals surface area (Å²) in [7, 11) is 0. The number of nitrogens with zero attached hydrogens (tertiary/aromatic N) is 1. The fourth-order valence-electron chi connectivity index (χ4n) is 3.32. The Bertz CT molecular complexity index is 570. The second kappa shape index (κ2) is 4.46. The quantitative estimate of drug-likeness (QED) is 0.784. The van der Waals surface area contributed by atoms with Crippen molar-refractivity contribution in [1.82, 2.24) is 20.8 Å². The zero-order valence-electron chi connectivity index (χ0n) is 11.6. The monoisotopic (exact) mass is 302 g/mol. The van der Waals surface area contributed by atoms with E-state index in [-0.39, 0.29) is 31.7 Å². The van der Waals surface area contributed by atoms with E-state index in [0.29, 0.717) is 6.42 Å². The predicted octanol–water partition coefficient (Wildman–Crippen LogP) is 1.24. The molecule has 21 heavy (non-hydrogen) atoms. The third kappa shape index (κ3) is 2.04. The number of aryl methyl sites for hydroxylation is 1. The van der Waals surface area contributed by atoms with Crippen LogP contribution in [0.5, 0.6) is 0 Å². The number of fused-ring (bicyclic) bond motifs is 1. The number of piperidine rings is 1. The Morgan fingerprint density at radius 2 is 2.24 bits per heavy atom. The molecule has 3 rings (SSSR count). The summed E-state index contributed by atoms with van der Waals surface area (Å²) in [5.74, 6) is -0.435. The number of alkyl halides is 3. The molecule has 1 aromatic rings. The van der Waals surface area contributed by atoms with E-state index in [1.807, 2.05) is 6.92 Å². The minimum absolute atomic E-state index is 0.0205. The third-order valence-corrected chi connectivity index (χ3v) is 4.79. The zero-order valence-corrected chi connectivity index (χ0v) is 11.6. The first-order valence-corrected chi connectivity index (χ1v) is 6.93. The van der Waals surface area contributed by atoms with Crippen LogP contribution >= 0.6 is 0 Å². The van der Waals surface area contributed by atoms with E-state index < -0.39 is 22.9 Å².